The van der Waals surface area contributed by atoms with Gasteiger partial charge in [0.1, 0.15) is 5.76 Å². The van der Waals surface area contributed by atoms with Gasteiger partial charge in [0.2, 0.25) is 10.0 Å². The summed E-state index contributed by atoms with van der Waals surface area (Å²) in [6, 6.07) is 9.56. The maximum absolute atomic E-state index is 12.6. The van der Waals surface area contributed by atoms with Crippen molar-refractivity contribution >= 4 is 15.9 Å². The fraction of sp³-hybridized carbons (Fsp3) is 0.421. The molecule has 1 atom stereocenters. The number of carbonyl (C=O) groups excluding carboxylic acids is 1. The summed E-state index contributed by atoms with van der Waals surface area (Å²) in [5.41, 5.74) is 0.401. The number of amides is 1. The van der Waals surface area contributed by atoms with Gasteiger partial charge in [-0.1, -0.05) is 0 Å². The van der Waals surface area contributed by atoms with Crippen LogP contribution in [0, 0.1) is 0 Å². The van der Waals surface area contributed by atoms with Gasteiger partial charge in [-0.15, -0.1) is 0 Å². The Morgan fingerprint density at radius 1 is 1.18 bits per heavy atom. The summed E-state index contributed by atoms with van der Waals surface area (Å²) in [4.78, 5) is 14.6. The lowest BCUT2D eigenvalue weighted by molar-refractivity contribution is 0.0730. The van der Waals surface area contributed by atoms with Gasteiger partial charge in [-0.05, 0) is 50.5 Å². The Morgan fingerprint density at radius 2 is 1.86 bits per heavy atom. The minimum absolute atomic E-state index is 0.0973. The average molecular weight is 407 g/mol. The van der Waals surface area contributed by atoms with E-state index in [4.69, 9.17) is 9.15 Å². The summed E-state index contributed by atoms with van der Waals surface area (Å²) in [5, 5.41) is 2.87. The van der Waals surface area contributed by atoms with Crippen LogP contribution in [0.25, 0.3) is 0 Å². The van der Waals surface area contributed by atoms with E-state index in [0.717, 1.165) is 5.76 Å². The molecule has 0 spiro atoms. The van der Waals surface area contributed by atoms with Crippen LogP contribution in [-0.2, 0) is 14.8 Å². The minimum Gasteiger partial charge on any atom is -0.468 e. The standard InChI is InChI=1S/C19H25N3O5S/c1-21(2)17(18-4-3-11-27-18)14-20-19(23)15-5-7-16(8-6-15)28(24,25)22-9-12-26-13-10-22/h3-8,11,17H,9-10,12-14H2,1-2H3,(H,20,23). The van der Waals surface area contributed by atoms with E-state index in [1.807, 2.05) is 25.1 Å². The van der Waals surface area contributed by atoms with Crippen LogP contribution in [0.2, 0.25) is 0 Å². The lowest BCUT2D eigenvalue weighted by Gasteiger charge is -2.26. The fourth-order valence-electron chi connectivity index (χ4n) is 3.02. The second-order valence-electron chi connectivity index (χ2n) is 6.75. The minimum atomic E-state index is -3.57. The van der Waals surface area contributed by atoms with Crippen LogP contribution in [0.15, 0.2) is 52.0 Å². The molecule has 9 heteroatoms. The highest BCUT2D eigenvalue weighted by Gasteiger charge is 2.26. The molecule has 1 saturated heterocycles. The molecule has 2 heterocycles. The molecule has 1 unspecified atom stereocenters. The molecule has 1 aliphatic heterocycles. The zero-order chi connectivity index (χ0) is 20.1. The van der Waals surface area contributed by atoms with Crippen LogP contribution in [0.4, 0.5) is 0 Å². The first-order valence-electron chi connectivity index (χ1n) is 9.05. The van der Waals surface area contributed by atoms with Gasteiger partial charge < -0.3 is 14.5 Å². The molecule has 1 fully saturated rings. The van der Waals surface area contributed by atoms with Crippen molar-refractivity contribution in [3.8, 4) is 0 Å². The molecule has 1 aliphatic rings. The quantitative estimate of drug-likeness (QED) is 0.745. The number of likely N-dealkylation sites (N-methyl/N-ethyl adjacent to an activating group) is 1. The van der Waals surface area contributed by atoms with Gasteiger partial charge in [-0.2, -0.15) is 4.31 Å². The molecule has 3 rings (SSSR count). The number of sulfonamides is 1. The van der Waals surface area contributed by atoms with Crippen LogP contribution in [0.5, 0.6) is 0 Å². The monoisotopic (exact) mass is 407 g/mol. The van der Waals surface area contributed by atoms with E-state index in [2.05, 4.69) is 5.32 Å². The first kappa shape index (κ1) is 20.5. The third kappa shape index (κ3) is 4.61. The second kappa shape index (κ2) is 8.87. The number of hydrogen-bond donors (Lipinski definition) is 1. The van der Waals surface area contributed by atoms with Gasteiger partial charge in [-0.25, -0.2) is 8.42 Å². The summed E-state index contributed by atoms with van der Waals surface area (Å²) in [6.45, 7) is 1.82. The number of rotatable bonds is 7. The Hall–Kier alpha value is -2.20. The first-order chi connectivity index (χ1) is 13.4. The molecule has 0 bridgehead atoms. The summed E-state index contributed by atoms with van der Waals surface area (Å²) >= 11 is 0. The number of nitrogens with one attached hydrogen (secondary N) is 1. The Kier molecular flexibility index (Phi) is 6.50. The predicted octanol–water partition coefficient (Wildman–Crippen LogP) is 1.33. The van der Waals surface area contributed by atoms with E-state index in [1.54, 1.807) is 12.3 Å². The van der Waals surface area contributed by atoms with Crippen LogP contribution in [0.1, 0.15) is 22.2 Å². The summed E-state index contributed by atoms with van der Waals surface area (Å²) in [6.07, 6.45) is 1.60. The number of nitrogens with zero attached hydrogens (tertiary/aromatic N) is 2. The largest absolute Gasteiger partial charge is 0.468 e. The molecular formula is C19H25N3O5S. The molecular weight excluding hydrogens is 382 g/mol. The van der Waals surface area contributed by atoms with Crippen molar-refractivity contribution in [2.45, 2.75) is 10.9 Å². The zero-order valence-electron chi connectivity index (χ0n) is 16.0. The first-order valence-corrected chi connectivity index (χ1v) is 10.5. The van der Waals surface area contributed by atoms with Crippen molar-refractivity contribution in [2.75, 3.05) is 46.9 Å². The van der Waals surface area contributed by atoms with Crippen LogP contribution < -0.4 is 5.32 Å². The van der Waals surface area contributed by atoms with Gasteiger partial charge in [0.05, 0.1) is 30.4 Å². The van der Waals surface area contributed by atoms with Crippen molar-refractivity contribution in [1.29, 1.82) is 0 Å². The molecule has 2 aromatic rings. The highest BCUT2D eigenvalue weighted by atomic mass is 32.2. The average Bonchev–Trinajstić information content (AvgIpc) is 3.23. The van der Waals surface area contributed by atoms with Gasteiger partial charge in [0, 0.05) is 25.2 Å². The maximum Gasteiger partial charge on any atom is 0.251 e. The van der Waals surface area contributed by atoms with E-state index in [9.17, 15) is 13.2 Å². The van der Waals surface area contributed by atoms with E-state index >= 15 is 0 Å². The van der Waals surface area contributed by atoms with Gasteiger partial charge in [-0.3, -0.25) is 9.69 Å². The Labute approximate surface area is 165 Å². The number of morpholine rings is 1. The zero-order valence-corrected chi connectivity index (χ0v) is 16.8. The number of furan rings is 1. The fourth-order valence-corrected chi connectivity index (χ4v) is 4.43. The second-order valence-corrected chi connectivity index (χ2v) is 8.68. The van der Waals surface area contributed by atoms with Crippen LogP contribution in [0.3, 0.4) is 0 Å². The number of ether oxygens (including phenoxy) is 1. The molecule has 0 saturated carbocycles. The van der Waals surface area contributed by atoms with Crippen LogP contribution in [-0.4, -0.2) is 70.5 Å². The van der Waals surface area contributed by atoms with Gasteiger partial charge >= 0.3 is 0 Å². The Bertz CT molecular complexity index is 873. The number of benzene rings is 1. The molecule has 1 N–H and O–H groups in total. The summed E-state index contributed by atoms with van der Waals surface area (Å²) in [5.74, 6) is 0.492. The topological polar surface area (TPSA) is 92.1 Å². The number of carbonyl (C=O) groups is 1. The molecule has 0 radical (unpaired) electrons. The normalized spacial score (nSPS) is 16.8. The lowest BCUT2D eigenvalue weighted by Crippen LogP contribution is -2.40. The molecule has 28 heavy (non-hydrogen) atoms. The Morgan fingerprint density at radius 3 is 2.43 bits per heavy atom. The maximum atomic E-state index is 12.6. The Balaban J connectivity index is 1.65. The van der Waals surface area contributed by atoms with Crippen LogP contribution >= 0.6 is 0 Å². The van der Waals surface area contributed by atoms with E-state index in [0.29, 0.717) is 38.4 Å². The molecule has 1 aromatic carbocycles. The highest BCUT2D eigenvalue weighted by Crippen LogP contribution is 2.19. The molecule has 1 amide bonds. The van der Waals surface area contributed by atoms with Crippen molar-refractivity contribution in [2.24, 2.45) is 0 Å². The smallest absolute Gasteiger partial charge is 0.251 e. The molecule has 1 aromatic heterocycles. The predicted molar refractivity (Wildman–Crippen MR) is 103 cm³/mol. The molecule has 152 valence electrons. The van der Waals surface area contributed by atoms with Crippen molar-refractivity contribution in [3.63, 3.8) is 0 Å². The van der Waals surface area contributed by atoms with E-state index in [-0.39, 0.29) is 16.8 Å². The molecule has 8 nitrogen and oxygen atoms in total. The van der Waals surface area contributed by atoms with Gasteiger partial charge in [0.15, 0.2) is 0 Å². The van der Waals surface area contributed by atoms with Gasteiger partial charge in [0.25, 0.3) is 5.91 Å². The van der Waals surface area contributed by atoms with Crippen molar-refractivity contribution in [1.82, 2.24) is 14.5 Å². The van der Waals surface area contributed by atoms with Crippen molar-refractivity contribution in [3.05, 3.63) is 54.0 Å². The summed E-state index contributed by atoms with van der Waals surface area (Å²) < 4.78 is 37.3. The molecule has 0 aliphatic carbocycles. The SMILES string of the molecule is CN(C)C(CNC(=O)c1ccc(S(=O)(=O)N2CCOCC2)cc1)c1ccco1. The third-order valence-corrected chi connectivity index (χ3v) is 6.59. The van der Waals surface area contributed by atoms with E-state index < -0.39 is 10.0 Å². The summed E-state index contributed by atoms with van der Waals surface area (Å²) in [7, 11) is 0.246. The lowest BCUT2D eigenvalue weighted by atomic mass is 10.2. The highest BCUT2D eigenvalue weighted by molar-refractivity contribution is 7.89. The van der Waals surface area contributed by atoms with Crippen molar-refractivity contribution < 1.29 is 22.4 Å². The van der Waals surface area contributed by atoms with E-state index in [1.165, 1.54) is 28.6 Å². The number of hydrogen-bond acceptors (Lipinski definition) is 6. The third-order valence-electron chi connectivity index (χ3n) is 4.68.